The van der Waals surface area contributed by atoms with Crippen LogP contribution in [0.1, 0.15) is 44.6 Å². The molecule has 1 aromatic carbocycles. The molecule has 1 saturated heterocycles. The molecule has 2 atom stereocenters. The van der Waals surface area contributed by atoms with Crippen LogP contribution in [0.15, 0.2) is 24.3 Å². The predicted molar refractivity (Wildman–Crippen MR) is 80.9 cm³/mol. The lowest BCUT2D eigenvalue weighted by molar-refractivity contribution is 0.0975. The van der Waals surface area contributed by atoms with Crippen LogP contribution in [0, 0.1) is 0 Å². The number of rotatable bonds is 6. The van der Waals surface area contributed by atoms with Crippen LogP contribution in [-0.4, -0.2) is 25.3 Å². The molecule has 2 nitrogen and oxygen atoms in total. The third kappa shape index (κ3) is 4.48. The summed E-state index contributed by atoms with van der Waals surface area (Å²) in [7, 11) is 0. The van der Waals surface area contributed by atoms with Gasteiger partial charge in [0.15, 0.2) is 0 Å². The molecule has 1 aliphatic heterocycles. The van der Waals surface area contributed by atoms with E-state index in [0.29, 0.717) is 18.1 Å². The number of nitrogens with one attached hydrogen (secondary N) is 1. The normalized spacial score (nSPS) is 20.9. The second kappa shape index (κ2) is 7.28. The first kappa shape index (κ1) is 14.8. The van der Waals surface area contributed by atoms with Crippen molar-refractivity contribution < 1.29 is 4.74 Å². The van der Waals surface area contributed by atoms with Crippen molar-refractivity contribution in [2.24, 2.45) is 0 Å². The Hall–Kier alpha value is -0.570. The Kier molecular flexibility index (Phi) is 5.68. The lowest BCUT2D eigenvalue weighted by Gasteiger charge is -2.23. The van der Waals surface area contributed by atoms with Crippen molar-refractivity contribution in [2.75, 3.05) is 13.2 Å². The van der Waals surface area contributed by atoms with Crippen LogP contribution >= 0.6 is 11.6 Å². The van der Waals surface area contributed by atoms with Crippen LogP contribution < -0.4 is 5.32 Å². The fraction of sp³-hybridized carbons (Fsp3) is 0.625. The minimum atomic E-state index is 0.398. The summed E-state index contributed by atoms with van der Waals surface area (Å²) in [6, 6.07) is 8.68. The second-order valence-electron chi connectivity index (χ2n) is 5.65. The van der Waals surface area contributed by atoms with Gasteiger partial charge in [0, 0.05) is 30.1 Å². The van der Waals surface area contributed by atoms with E-state index < -0.39 is 0 Å². The molecule has 1 heterocycles. The van der Waals surface area contributed by atoms with Crippen molar-refractivity contribution in [1.29, 1.82) is 0 Å². The molecular weight excluding hydrogens is 258 g/mol. The van der Waals surface area contributed by atoms with Crippen molar-refractivity contribution in [3.63, 3.8) is 0 Å². The van der Waals surface area contributed by atoms with Crippen molar-refractivity contribution in [1.82, 2.24) is 5.32 Å². The highest BCUT2D eigenvalue weighted by Crippen LogP contribution is 2.30. The Morgan fingerprint density at radius 3 is 2.79 bits per heavy atom. The van der Waals surface area contributed by atoms with Gasteiger partial charge in [-0.2, -0.15) is 0 Å². The van der Waals surface area contributed by atoms with Gasteiger partial charge >= 0.3 is 0 Å². The maximum atomic E-state index is 6.35. The number of ether oxygens (including phenoxy) is 1. The third-order valence-corrected chi connectivity index (χ3v) is 4.03. The molecule has 1 aromatic rings. The summed E-state index contributed by atoms with van der Waals surface area (Å²) in [5.41, 5.74) is 1.24. The van der Waals surface area contributed by atoms with E-state index in [4.69, 9.17) is 16.3 Å². The lowest BCUT2D eigenvalue weighted by Crippen LogP contribution is -2.29. The van der Waals surface area contributed by atoms with Crippen molar-refractivity contribution >= 4 is 11.6 Å². The Labute approximate surface area is 121 Å². The van der Waals surface area contributed by atoms with Gasteiger partial charge in [-0.25, -0.2) is 0 Å². The van der Waals surface area contributed by atoms with E-state index in [-0.39, 0.29) is 0 Å². The van der Waals surface area contributed by atoms with Gasteiger partial charge in [-0.15, -0.1) is 0 Å². The van der Waals surface area contributed by atoms with E-state index in [1.165, 1.54) is 18.4 Å². The van der Waals surface area contributed by atoms with Crippen molar-refractivity contribution in [2.45, 2.75) is 51.2 Å². The predicted octanol–water partition coefficient (Wildman–Crippen LogP) is 3.99. The fourth-order valence-electron chi connectivity index (χ4n) is 2.65. The Balaban J connectivity index is 2.06. The summed E-state index contributed by atoms with van der Waals surface area (Å²) in [5, 5.41) is 4.40. The lowest BCUT2D eigenvalue weighted by atomic mass is 9.92. The monoisotopic (exact) mass is 281 g/mol. The zero-order valence-corrected chi connectivity index (χ0v) is 12.6. The largest absolute Gasteiger partial charge is 0.378 e. The van der Waals surface area contributed by atoms with Gasteiger partial charge in [0.2, 0.25) is 0 Å². The Morgan fingerprint density at radius 1 is 1.37 bits per heavy atom. The highest BCUT2D eigenvalue weighted by molar-refractivity contribution is 6.31. The molecule has 0 aromatic heterocycles. The molecule has 2 unspecified atom stereocenters. The minimum Gasteiger partial charge on any atom is -0.378 e. The van der Waals surface area contributed by atoms with Gasteiger partial charge in [-0.3, -0.25) is 0 Å². The molecule has 1 aliphatic rings. The van der Waals surface area contributed by atoms with Crippen LogP contribution in [0.25, 0.3) is 0 Å². The summed E-state index contributed by atoms with van der Waals surface area (Å²) in [6.07, 6.45) is 3.83. The highest BCUT2D eigenvalue weighted by atomic mass is 35.5. The molecule has 106 valence electrons. The minimum absolute atomic E-state index is 0.398. The molecule has 19 heavy (non-hydrogen) atoms. The zero-order chi connectivity index (χ0) is 13.7. The van der Waals surface area contributed by atoms with E-state index in [2.05, 4.69) is 31.3 Å². The average Bonchev–Trinajstić information content (AvgIpc) is 2.88. The Morgan fingerprint density at radius 2 is 2.16 bits per heavy atom. The quantitative estimate of drug-likeness (QED) is 0.851. The van der Waals surface area contributed by atoms with E-state index in [0.717, 1.165) is 24.6 Å². The third-order valence-electron chi connectivity index (χ3n) is 3.69. The molecule has 0 radical (unpaired) electrons. The van der Waals surface area contributed by atoms with Gasteiger partial charge in [-0.1, -0.05) is 43.6 Å². The van der Waals surface area contributed by atoms with Gasteiger partial charge in [0.1, 0.15) is 0 Å². The summed E-state index contributed by atoms with van der Waals surface area (Å²) in [4.78, 5) is 0. The molecule has 0 aliphatic carbocycles. The second-order valence-corrected chi connectivity index (χ2v) is 6.06. The topological polar surface area (TPSA) is 21.3 Å². The first-order valence-electron chi connectivity index (χ1n) is 7.26. The van der Waals surface area contributed by atoms with Crippen molar-refractivity contribution in [3.8, 4) is 0 Å². The summed E-state index contributed by atoms with van der Waals surface area (Å²) < 4.78 is 5.78. The van der Waals surface area contributed by atoms with E-state index in [1.54, 1.807) is 0 Å². The first-order valence-corrected chi connectivity index (χ1v) is 7.64. The summed E-state index contributed by atoms with van der Waals surface area (Å²) in [6.45, 7) is 6.23. The van der Waals surface area contributed by atoms with Gasteiger partial charge < -0.3 is 10.1 Å². The van der Waals surface area contributed by atoms with E-state index in [9.17, 15) is 0 Å². The zero-order valence-electron chi connectivity index (χ0n) is 11.9. The van der Waals surface area contributed by atoms with Crippen molar-refractivity contribution in [3.05, 3.63) is 34.9 Å². The van der Waals surface area contributed by atoms with Crippen LogP contribution in [0.3, 0.4) is 0 Å². The maximum absolute atomic E-state index is 6.35. The van der Waals surface area contributed by atoms with E-state index >= 15 is 0 Å². The number of hydrogen-bond acceptors (Lipinski definition) is 2. The number of halogens is 1. The maximum Gasteiger partial charge on any atom is 0.0582 e. The molecule has 0 amide bonds. The molecule has 0 saturated carbocycles. The molecule has 3 heteroatoms. The Bertz CT molecular complexity index is 388. The SMILES string of the molecule is CC(C)NCC(CC1CCCO1)c1ccccc1Cl. The summed E-state index contributed by atoms with van der Waals surface area (Å²) in [5.74, 6) is 0.430. The van der Waals surface area contributed by atoms with Gasteiger partial charge in [-0.05, 0) is 30.9 Å². The smallest absolute Gasteiger partial charge is 0.0582 e. The molecule has 0 spiro atoms. The number of benzene rings is 1. The van der Waals surface area contributed by atoms with Gasteiger partial charge in [0.25, 0.3) is 0 Å². The van der Waals surface area contributed by atoms with Crippen LogP contribution in [0.5, 0.6) is 0 Å². The molecule has 0 bridgehead atoms. The van der Waals surface area contributed by atoms with Crippen LogP contribution in [-0.2, 0) is 4.74 Å². The standard InChI is InChI=1S/C16H24ClNO/c1-12(2)18-11-13(10-14-6-5-9-19-14)15-7-3-4-8-16(15)17/h3-4,7-8,12-14,18H,5-6,9-11H2,1-2H3. The fourth-order valence-corrected chi connectivity index (χ4v) is 2.94. The van der Waals surface area contributed by atoms with Gasteiger partial charge in [0.05, 0.1) is 6.10 Å². The number of hydrogen-bond donors (Lipinski definition) is 1. The molecular formula is C16H24ClNO. The highest BCUT2D eigenvalue weighted by Gasteiger charge is 2.23. The van der Waals surface area contributed by atoms with Crippen LogP contribution in [0.4, 0.5) is 0 Å². The summed E-state index contributed by atoms with van der Waals surface area (Å²) >= 11 is 6.35. The van der Waals surface area contributed by atoms with Crippen LogP contribution in [0.2, 0.25) is 5.02 Å². The van der Waals surface area contributed by atoms with E-state index in [1.807, 2.05) is 12.1 Å². The molecule has 1 fully saturated rings. The molecule has 1 N–H and O–H groups in total. The molecule has 2 rings (SSSR count). The average molecular weight is 282 g/mol. The first-order chi connectivity index (χ1) is 9.16.